The number of nitrogens with zero attached hydrogens (tertiary/aromatic N) is 1. The molecule has 0 saturated carbocycles. The Labute approximate surface area is 123 Å². The van der Waals surface area contributed by atoms with Crippen LogP contribution in [0.5, 0.6) is 0 Å². The Hall–Kier alpha value is -1.71. The average molecular weight is 273 g/mol. The minimum absolute atomic E-state index is 0.461. The van der Waals surface area contributed by atoms with Crippen LogP contribution >= 0.6 is 0 Å². The van der Waals surface area contributed by atoms with E-state index in [2.05, 4.69) is 37.5 Å². The standard InChI is InChI=1S/C17H27N3/c1-5-6-7-8-9-10-16(13-20-4)14(2)11-12-15(3)17(18)19/h5-7,13,17H,1-4,8-12,18-19H2/b7-6+,16-13-. The quantitative estimate of drug-likeness (QED) is 0.198. The Kier molecular flexibility index (Phi) is 10.2. The number of nitrogens with two attached hydrogens (primary N) is 2. The van der Waals surface area contributed by atoms with Crippen LogP contribution in [0.1, 0.15) is 32.1 Å². The van der Waals surface area contributed by atoms with Crippen molar-refractivity contribution in [1.82, 2.24) is 0 Å². The van der Waals surface area contributed by atoms with Crippen LogP contribution in [0.4, 0.5) is 0 Å². The molecule has 0 atom stereocenters. The lowest BCUT2D eigenvalue weighted by molar-refractivity contribution is 0.747. The van der Waals surface area contributed by atoms with Crippen LogP contribution in [0.15, 0.2) is 65.9 Å². The van der Waals surface area contributed by atoms with Gasteiger partial charge < -0.3 is 11.5 Å². The second-order valence-electron chi connectivity index (χ2n) is 4.68. The number of rotatable bonds is 11. The van der Waals surface area contributed by atoms with Crippen molar-refractivity contribution in [3.63, 3.8) is 0 Å². The molecule has 0 bridgehead atoms. The second-order valence-corrected chi connectivity index (χ2v) is 4.68. The van der Waals surface area contributed by atoms with Gasteiger partial charge in [-0.1, -0.05) is 43.5 Å². The van der Waals surface area contributed by atoms with Crippen molar-refractivity contribution in [3.05, 3.63) is 60.9 Å². The fraction of sp³-hybridized carbons (Fsp3) is 0.353. The predicted octanol–water partition coefficient (Wildman–Crippen LogP) is 3.62. The van der Waals surface area contributed by atoms with Crippen LogP contribution in [-0.4, -0.2) is 12.9 Å². The van der Waals surface area contributed by atoms with Crippen LogP contribution < -0.4 is 11.5 Å². The topological polar surface area (TPSA) is 64.4 Å². The summed E-state index contributed by atoms with van der Waals surface area (Å²) in [5.41, 5.74) is 14.2. The summed E-state index contributed by atoms with van der Waals surface area (Å²) in [5, 5.41) is 0. The van der Waals surface area contributed by atoms with E-state index < -0.39 is 6.17 Å². The first kappa shape index (κ1) is 18.3. The lowest BCUT2D eigenvalue weighted by Gasteiger charge is -2.13. The molecular weight excluding hydrogens is 246 g/mol. The molecule has 3 nitrogen and oxygen atoms in total. The molecule has 0 aromatic rings. The van der Waals surface area contributed by atoms with E-state index in [0.717, 1.165) is 48.8 Å². The molecule has 0 fully saturated rings. The van der Waals surface area contributed by atoms with E-state index in [9.17, 15) is 0 Å². The number of hydrogen-bond acceptors (Lipinski definition) is 3. The van der Waals surface area contributed by atoms with Crippen molar-refractivity contribution in [2.45, 2.75) is 38.3 Å². The lowest BCUT2D eigenvalue weighted by Crippen LogP contribution is -2.32. The van der Waals surface area contributed by atoms with E-state index in [1.807, 2.05) is 6.08 Å². The maximum Gasteiger partial charge on any atom is 0.0740 e. The van der Waals surface area contributed by atoms with Gasteiger partial charge >= 0.3 is 0 Å². The van der Waals surface area contributed by atoms with E-state index in [-0.39, 0.29) is 0 Å². The molecule has 0 aromatic carbocycles. The number of aliphatic imine (C=N–C) groups is 1. The molecule has 20 heavy (non-hydrogen) atoms. The summed E-state index contributed by atoms with van der Waals surface area (Å²) in [6, 6.07) is 0. The first-order valence-electron chi connectivity index (χ1n) is 6.82. The molecule has 0 unspecified atom stereocenters. The Morgan fingerprint density at radius 1 is 1.15 bits per heavy atom. The first-order valence-corrected chi connectivity index (χ1v) is 6.82. The Bertz CT molecular complexity index is 400. The van der Waals surface area contributed by atoms with Gasteiger partial charge in [0.1, 0.15) is 0 Å². The fourth-order valence-corrected chi connectivity index (χ4v) is 1.68. The number of unbranched alkanes of at least 4 members (excludes halogenated alkanes) is 1. The number of hydrogen-bond donors (Lipinski definition) is 2. The molecule has 0 amide bonds. The molecule has 0 aliphatic carbocycles. The molecule has 0 aromatic heterocycles. The maximum atomic E-state index is 5.57. The van der Waals surface area contributed by atoms with Gasteiger partial charge in [-0.2, -0.15) is 0 Å². The van der Waals surface area contributed by atoms with Crippen LogP contribution in [0.2, 0.25) is 0 Å². The summed E-state index contributed by atoms with van der Waals surface area (Å²) in [7, 11) is 0. The van der Waals surface area contributed by atoms with Gasteiger partial charge in [-0.25, -0.2) is 0 Å². The predicted molar refractivity (Wildman–Crippen MR) is 90.5 cm³/mol. The van der Waals surface area contributed by atoms with E-state index in [4.69, 9.17) is 11.5 Å². The van der Waals surface area contributed by atoms with Gasteiger partial charge in [0.25, 0.3) is 0 Å². The first-order chi connectivity index (χ1) is 9.52. The summed E-state index contributed by atoms with van der Waals surface area (Å²) in [4.78, 5) is 3.86. The normalized spacial score (nSPS) is 11.8. The van der Waals surface area contributed by atoms with Crippen molar-refractivity contribution in [2.75, 3.05) is 0 Å². The minimum atomic E-state index is -0.461. The largest absolute Gasteiger partial charge is 0.313 e. The Morgan fingerprint density at radius 2 is 1.85 bits per heavy atom. The molecule has 0 heterocycles. The summed E-state index contributed by atoms with van der Waals surface area (Å²) in [6.07, 6.45) is 11.7. The van der Waals surface area contributed by atoms with Crippen LogP contribution in [-0.2, 0) is 0 Å². The molecule has 3 heteroatoms. The van der Waals surface area contributed by atoms with E-state index >= 15 is 0 Å². The summed E-state index contributed by atoms with van der Waals surface area (Å²) in [5.74, 6) is 0. The summed E-state index contributed by atoms with van der Waals surface area (Å²) >= 11 is 0. The Morgan fingerprint density at radius 3 is 2.40 bits per heavy atom. The average Bonchev–Trinajstić information content (AvgIpc) is 2.42. The zero-order valence-electron chi connectivity index (χ0n) is 12.4. The highest BCUT2D eigenvalue weighted by Gasteiger charge is 2.06. The van der Waals surface area contributed by atoms with Gasteiger partial charge in [0.2, 0.25) is 0 Å². The molecule has 0 radical (unpaired) electrons. The highest BCUT2D eigenvalue weighted by molar-refractivity contribution is 5.33. The monoisotopic (exact) mass is 273 g/mol. The molecule has 0 rings (SSSR count). The highest BCUT2D eigenvalue weighted by atomic mass is 14.8. The molecular formula is C17H27N3. The van der Waals surface area contributed by atoms with Crippen molar-refractivity contribution in [3.8, 4) is 0 Å². The SMILES string of the molecule is C=C/C=C/CCC/C(=C/N=C)C(=C)CCC(=C)C(N)N. The van der Waals surface area contributed by atoms with E-state index in [1.54, 1.807) is 12.3 Å². The third kappa shape index (κ3) is 8.40. The molecule has 4 N–H and O–H groups in total. The summed E-state index contributed by atoms with van der Waals surface area (Å²) < 4.78 is 0. The second kappa shape index (κ2) is 11.1. The summed E-state index contributed by atoms with van der Waals surface area (Å²) in [6.45, 7) is 15.1. The Balaban J connectivity index is 4.30. The molecule has 0 aliphatic rings. The van der Waals surface area contributed by atoms with Gasteiger partial charge in [-0.3, -0.25) is 4.99 Å². The van der Waals surface area contributed by atoms with E-state index in [0.29, 0.717) is 0 Å². The van der Waals surface area contributed by atoms with Crippen LogP contribution in [0.25, 0.3) is 0 Å². The van der Waals surface area contributed by atoms with Crippen molar-refractivity contribution < 1.29 is 0 Å². The molecule has 0 spiro atoms. The van der Waals surface area contributed by atoms with Gasteiger partial charge in [0.05, 0.1) is 6.17 Å². The lowest BCUT2D eigenvalue weighted by atomic mass is 9.96. The van der Waals surface area contributed by atoms with Crippen molar-refractivity contribution >= 4 is 6.72 Å². The maximum absolute atomic E-state index is 5.57. The van der Waals surface area contributed by atoms with Crippen LogP contribution in [0.3, 0.4) is 0 Å². The third-order valence-corrected chi connectivity index (χ3v) is 3.01. The zero-order valence-corrected chi connectivity index (χ0v) is 12.4. The van der Waals surface area contributed by atoms with Gasteiger partial charge in [0, 0.05) is 6.20 Å². The smallest absolute Gasteiger partial charge is 0.0740 e. The third-order valence-electron chi connectivity index (χ3n) is 3.01. The number of allylic oxidation sites excluding steroid dienone is 5. The minimum Gasteiger partial charge on any atom is -0.313 e. The van der Waals surface area contributed by atoms with Gasteiger partial charge in [-0.05, 0) is 50.0 Å². The highest BCUT2D eigenvalue weighted by Crippen LogP contribution is 2.22. The van der Waals surface area contributed by atoms with Crippen molar-refractivity contribution in [1.29, 1.82) is 0 Å². The van der Waals surface area contributed by atoms with Crippen LogP contribution in [0, 0.1) is 0 Å². The zero-order chi connectivity index (χ0) is 15.4. The van der Waals surface area contributed by atoms with Gasteiger partial charge in [-0.15, -0.1) is 0 Å². The molecule has 0 saturated heterocycles. The van der Waals surface area contributed by atoms with Gasteiger partial charge in [0.15, 0.2) is 0 Å². The van der Waals surface area contributed by atoms with E-state index in [1.165, 1.54) is 0 Å². The fourth-order valence-electron chi connectivity index (χ4n) is 1.68. The molecule has 0 aliphatic heterocycles. The van der Waals surface area contributed by atoms with Crippen molar-refractivity contribution in [2.24, 2.45) is 16.5 Å². The molecule has 110 valence electrons.